The summed E-state index contributed by atoms with van der Waals surface area (Å²) in [5.74, 6) is -2.92. The summed E-state index contributed by atoms with van der Waals surface area (Å²) < 4.78 is 26.2. The number of halogens is 2. The van der Waals surface area contributed by atoms with Gasteiger partial charge in [-0.1, -0.05) is 0 Å². The van der Waals surface area contributed by atoms with Crippen LogP contribution in [0.25, 0.3) is 0 Å². The highest BCUT2D eigenvalue weighted by atomic mass is 19.3. The van der Waals surface area contributed by atoms with Crippen molar-refractivity contribution >= 4 is 0 Å². The fourth-order valence-corrected chi connectivity index (χ4v) is 1.95. The van der Waals surface area contributed by atoms with Crippen molar-refractivity contribution in [1.82, 2.24) is 10.6 Å². The van der Waals surface area contributed by atoms with Crippen LogP contribution in [0, 0.1) is 5.92 Å². The first-order valence-electron chi connectivity index (χ1n) is 4.02. The second kappa shape index (κ2) is 2.38. The van der Waals surface area contributed by atoms with Gasteiger partial charge in [0, 0.05) is 32.1 Å². The molecule has 2 aliphatic rings. The molecule has 0 aromatic heterocycles. The summed E-state index contributed by atoms with van der Waals surface area (Å²) in [6.45, 7) is 1.61. The number of hydrogen-bond donors (Lipinski definition) is 2. The van der Waals surface area contributed by atoms with Gasteiger partial charge in [0.25, 0.3) is 5.92 Å². The highest BCUT2D eigenvalue weighted by molar-refractivity contribution is 4.98. The van der Waals surface area contributed by atoms with Crippen LogP contribution in [0.3, 0.4) is 0 Å². The Morgan fingerprint density at radius 3 is 2.82 bits per heavy atom. The lowest BCUT2D eigenvalue weighted by Gasteiger charge is -2.33. The molecule has 0 aliphatic carbocycles. The lowest BCUT2D eigenvalue weighted by molar-refractivity contribution is -0.0814. The Morgan fingerprint density at radius 1 is 1.27 bits per heavy atom. The van der Waals surface area contributed by atoms with Gasteiger partial charge in [0.15, 0.2) is 0 Å². The largest absolute Gasteiger partial charge is 0.315 e. The molecule has 0 saturated carbocycles. The topological polar surface area (TPSA) is 24.1 Å². The van der Waals surface area contributed by atoms with Crippen LogP contribution in [-0.2, 0) is 0 Å². The third-order valence-corrected chi connectivity index (χ3v) is 2.62. The molecule has 0 radical (unpaired) electrons. The SMILES string of the molecule is FC1(F)CCN[C@@H]2CNC[C@@H]21. The molecule has 2 nitrogen and oxygen atoms in total. The summed E-state index contributed by atoms with van der Waals surface area (Å²) in [6, 6.07) is -0.00116. The Labute approximate surface area is 64.3 Å². The molecular weight excluding hydrogens is 150 g/mol. The first-order chi connectivity index (χ1) is 5.20. The molecule has 2 saturated heterocycles. The zero-order chi connectivity index (χ0) is 7.90. The van der Waals surface area contributed by atoms with Crippen molar-refractivity contribution in [2.45, 2.75) is 18.4 Å². The molecule has 2 N–H and O–H groups in total. The summed E-state index contributed by atoms with van der Waals surface area (Å²) in [7, 11) is 0. The predicted octanol–water partition coefficient (Wildman–Crippen LogP) is 0.203. The van der Waals surface area contributed by atoms with Gasteiger partial charge in [-0.15, -0.1) is 0 Å². The lowest BCUT2D eigenvalue weighted by Crippen LogP contribution is -2.51. The van der Waals surface area contributed by atoms with E-state index in [4.69, 9.17) is 0 Å². The van der Waals surface area contributed by atoms with E-state index in [-0.39, 0.29) is 12.5 Å². The number of nitrogens with one attached hydrogen (secondary N) is 2. The predicted molar refractivity (Wildman–Crippen MR) is 37.7 cm³/mol. The summed E-state index contributed by atoms with van der Waals surface area (Å²) in [6.07, 6.45) is -0.00412. The molecule has 11 heavy (non-hydrogen) atoms. The third-order valence-electron chi connectivity index (χ3n) is 2.62. The molecule has 2 rings (SSSR count). The van der Waals surface area contributed by atoms with Gasteiger partial charge >= 0.3 is 0 Å². The van der Waals surface area contributed by atoms with Crippen LogP contribution in [0.2, 0.25) is 0 Å². The molecule has 2 fully saturated rings. The van der Waals surface area contributed by atoms with Crippen LogP contribution < -0.4 is 10.6 Å². The molecule has 2 atom stereocenters. The maximum Gasteiger partial charge on any atom is 0.254 e. The van der Waals surface area contributed by atoms with Gasteiger partial charge in [0.2, 0.25) is 0 Å². The molecular formula is C7H12F2N2. The Morgan fingerprint density at radius 2 is 2.09 bits per heavy atom. The van der Waals surface area contributed by atoms with Crippen LogP contribution in [0.1, 0.15) is 6.42 Å². The highest BCUT2D eigenvalue weighted by Gasteiger charge is 2.48. The van der Waals surface area contributed by atoms with Crippen molar-refractivity contribution in [1.29, 1.82) is 0 Å². The van der Waals surface area contributed by atoms with Crippen molar-refractivity contribution in [2.75, 3.05) is 19.6 Å². The van der Waals surface area contributed by atoms with Crippen molar-refractivity contribution < 1.29 is 8.78 Å². The average molecular weight is 162 g/mol. The fraction of sp³-hybridized carbons (Fsp3) is 1.00. The van der Waals surface area contributed by atoms with Gasteiger partial charge in [0.1, 0.15) is 0 Å². The molecule has 2 heterocycles. The molecule has 0 aromatic rings. The van der Waals surface area contributed by atoms with Crippen LogP contribution in [-0.4, -0.2) is 31.6 Å². The van der Waals surface area contributed by atoms with Gasteiger partial charge in [0.05, 0.1) is 5.92 Å². The number of fused-ring (bicyclic) bond motifs is 1. The van der Waals surface area contributed by atoms with Gasteiger partial charge in [-0.25, -0.2) is 8.78 Å². The second-order valence-corrected chi connectivity index (χ2v) is 3.34. The smallest absolute Gasteiger partial charge is 0.254 e. The molecule has 0 aromatic carbocycles. The molecule has 64 valence electrons. The number of hydrogen-bond acceptors (Lipinski definition) is 2. The van der Waals surface area contributed by atoms with E-state index in [1.165, 1.54) is 0 Å². The van der Waals surface area contributed by atoms with E-state index in [1.54, 1.807) is 0 Å². The molecule has 0 spiro atoms. The molecule has 0 unspecified atom stereocenters. The fourth-order valence-electron chi connectivity index (χ4n) is 1.95. The van der Waals surface area contributed by atoms with E-state index in [0.29, 0.717) is 19.6 Å². The first-order valence-corrected chi connectivity index (χ1v) is 4.02. The zero-order valence-corrected chi connectivity index (χ0v) is 6.24. The Kier molecular flexibility index (Phi) is 1.61. The van der Waals surface area contributed by atoms with E-state index >= 15 is 0 Å². The number of alkyl halides is 2. The summed E-state index contributed by atoms with van der Waals surface area (Å²) in [4.78, 5) is 0. The van der Waals surface area contributed by atoms with E-state index in [2.05, 4.69) is 10.6 Å². The quantitative estimate of drug-likeness (QED) is 0.532. The van der Waals surface area contributed by atoms with Gasteiger partial charge in [-0.2, -0.15) is 0 Å². The lowest BCUT2D eigenvalue weighted by atomic mass is 9.90. The maximum atomic E-state index is 13.1. The third kappa shape index (κ3) is 1.14. The summed E-state index contributed by atoms with van der Waals surface area (Å²) in [5, 5.41) is 6.07. The van der Waals surface area contributed by atoms with Gasteiger partial charge in [-0.05, 0) is 0 Å². The van der Waals surface area contributed by atoms with Crippen molar-refractivity contribution in [3.63, 3.8) is 0 Å². The molecule has 0 amide bonds. The Hall–Kier alpha value is -0.220. The first kappa shape index (κ1) is 7.43. The summed E-state index contributed by atoms with van der Waals surface area (Å²) in [5.41, 5.74) is 0. The standard InChI is InChI=1S/C7H12F2N2/c8-7(9)1-2-11-6-4-10-3-5(6)7/h5-6,10-11H,1-4H2/t5-,6+/m0/s1. The summed E-state index contributed by atoms with van der Waals surface area (Å²) >= 11 is 0. The monoisotopic (exact) mass is 162 g/mol. The Balaban J connectivity index is 2.13. The molecule has 0 bridgehead atoms. The van der Waals surface area contributed by atoms with Crippen molar-refractivity contribution in [3.05, 3.63) is 0 Å². The van der Waals surface area contributed by atoms with E-state index in [1.807, 2.05) is 0 Å². The van der Waals surface area contributed by atoms with Crippen LogP contribution in [0.5, 0.6) is 0 Å². The molecule has 2 aliphatic heterocycles. The minimum Gasteiger partial charge on any atom is -0.315 e. The normalized spacial score (nSPS) is 42.0. The van der Waals surface area contributed by atoms with Crippen molar-refractivity contribution in [2.24, 2.45) is 5.92 Å². The van der Waals surface area contributed by atoms with Crippen LogP contribution in [0.15, 0.2) is 0 Å². The van der Waals surface area contributed by atoms with Crippen LogP contribution in [0.4, 0.5) is 8.78 Å². The number of rotatable bonds is 0. The Bertz CT molecular complexity index is 161. The van der Waals surface area contributed by atoms with E-state index in [9.17, 15) is 8.78 Å². The van der Waals surface area contributed by atoms with Gasteiger partial charge in [-0.3, -0.25) is 0 Å². The van der Waals surface area contributed by atoms with Crippen LogP contribution >= 0.6 is 0 Å². The van der Waals surface area contributed by atoms with Gasteiger partial charge < -0.3 is 10.6 Å². The average Bonchev–Trinajstić information content (AvgIpc) is 2.34. The minimum atomic E-state index is -2.45. The van der Waals surface area contributed by atoms with E-state index in [0.717, 1.165) is 0 Å². The van der Waals surface area contributed by atoms with Crippen molar-refractivity contribution in [3.8, 4) is 0 Å². The molecule has 4 heteroatoms. The minimum absolute atomic E-state index is 0.00116. The highest BCUT2D eigenvalue weighted by Crippen LogP contribution is 2.34. The maximum absolute atomic E-state index is 13.1. The zero-order valence-electron chi connectivity index (χ0n) is 6.24. The number of piperidine rings is 1. The second-order valence-electron chi connectivity index (χ2n) is 3.34. The van der Waals surface area contributed by atoms with E-state index < -0.39 is 11.8 Å².